The van der Waals surface area contributed by atoms with Crippen LogP contribution in [0.5, 0.6) is 0 Å². The topological polar surface area (TPSA) is 282 Å². The number of ether oxygens (including phenoxy) is 5. The highest BCUT2D eigenvalue weighted by molar-refractivity contribution is 6.39. The SMILES string of the molecule is CO[C@@H]1C[C@@H](CC(C)[C@@H]2CC(=O)[C@H](C)/C=C(\C)[C@@H](O)[C@@H](OC)C(=O)[C@H](C)C[C@H](C)/C=C/C=C/C=C(/C)[C@H](OCCN3CCN(Cc4ccc(C(=O)Nc5ccc(C)c(Nc6nccc(-c7cccnc7)n6)c5)cc4)CC3)C[C@@H]3CC[C@@H](C)[C@@](O)(O3)C(=O)C(=O)N3CCCC[C@H]3C(=O)O2)CC[C@H]1O. The molecule has 4 fully saturated rings. The zero-order valence-corrected chi connectivity index (χ0v) is 61.2. The summed E-state index contributed by atoms with van der Waals surface area (Å²) in [5.41, 5.74) is 6.81. The molecule has 2 aromatic carbocycles. The summed E-state index contributed by atoms with van der Waals surface area (Å²) in [7, 11) is 2.95. The van der Waals surface area contributed by atoms with Gasteiger partial charge in [-0.25, -0.2) is 14.8 Å². The van der Waals surface area contributed by atoms with Crippen LogP contribution in [0.1, 0.15) is 147 Å². The van der Waals surface area contributed by atoms with Gasteiger partial charge in [0.05, 0.1) is 36.7 Å². The van der Waals surface area contributed by atoms with Crippen LogP contribution in [0.4, 0.5) is 17.3 Å². The van der Waals surface area contributed by atoms with E-state index in [-0.39, 0.29) is 67.1 Å². The number of fused-ring (bicyclic) bond motifs is 3. The second-order valence-corrected chi connectivity index (χ2v) is 29.2. The lowest BCUT2D eigenvalue weighted by molar-refractivity contribution is -0.266. The Bertz CT molecular complexity index is 3610. The molecule has 0 spiro atoms. The molecule has 9 rings (SSSR count). The summed E-state index contributed by atoms with van der Waals surface area (Å²) in [6.45, 7) is 19.7. The van der Waals surface area contributed by atoms with Crippen molar-refractivity contribution in [3.05, 3.63) is 144 Å². The maximum absolute atomic E-state index is 14.7. The molecule has 1 saturated carbocycles. The molecule has 2 bridgehead atoms. The summed E-state index contributed by atoms with van der Waals surface area (Å²) in [6, 6.07) is 17.8. The number of hydrogen-bond acceptors (Lipinski definition) is 20. The monoisotopic (exact) mass is 1400 g/mol. The average molecular weight is 1410 g/mol. The first kappa shape index (κ1) is 78.6. The number of rotatable bonds is 16. The van der Waals surface area contributed by atoms with Gasteiger partial charge in [-0.15, -0.1) is 0 Å². The number of hydrogen-bond donors (Lipinski definition) is 5. The van der Waals surface area contributed by atoms with Crippen molar-refractivity contribution in [2.24, 2.45) is 35.5 Å². The lowest BCUT2D eigenvalue weighted by atomic mass is 9.78. The normalized spacial score (nSPS) is 31.1. The Labute approximate surface area is 601 Å². The highest BCUT2D eigenvalue weighted by Crippen LogP contribution is 2.39. The predicted octanol–water partition coefficient (Wildman–Crippen LogP) is 10.5. The van der Waals surface area contributed by atoms with Crippen molar-refractivity contribution < 1.29 is 67.8 Å². The number of benzene rings is 2. The molecule has 3 saturated heterocycles. The van der Waals surface area contributed by atoms with Gasteiger partial charge in [0.25, 0.3) is 17.6 Å². The zero-order chi connectivity index (χ0) is 73.2. The van der Waals surface area contributed by atoms with Gasteiger partial charge in [0.15, 0.2) is 5.78 Å². The molecule has 2 aromatic heterocycles. The van der Waals surface area contributed by atoms with Crippen LogP contribution in [0.15, 0.2) is 127 Å². The smallest absolute Gasteiger partial charge is 0.329 e. The first-order valence-electron chi connectivity index (χ1n) is 36.6. The van der Waals surface area contributed by atoms with Crippen LogP contribution in [0.25, 0.3) is 11.3 Å². The Balaban J connectivity index is 0.853. The third-order valence-corrected chi connectivity index (χ3v) is 21.4. The highest BCUT2D eigenvalue weighted by atomic mass is 16.6. The molecule has 22 heteroatoms. The second kappa shape index (κ2) is 37.3. The third kappa shape index (κ3) is 21.1. The number of piperidine rings is 1. The maximum atomic E-state index is 14.7. The molecule has 15 atom stereocenters. The van der Waals surface area contributed by atoms with Crippen LogP contribution in [-0.4, -0.2) is 195 Å². The molecule has 0 radical (unpaired) electrons. The summed E-state index contributed by atoms with van der Waals surface area (Å²) in [6.07, 6.45) is 15.8. The number of nitrogens with zero attached hydrogens (tertiary/aromatic N) is 6. The Hall–Kier alpha value is -7.51. The Morgan fingerprint density at radius 3 is 2.31 bits per heavy atom. The molecular weight excluding hydrogens is 1300 g/mol. The molecule has 1 unspecified atom stereocenters. The minimum absolute atomic E-state index is 0.0326. The third-order valence-electron chi connectivity index (χ3n) is 21.4. The van der Waals surface area contributed by atoms with Crippen LogP contribution in [0, 0.1) is 42.4 Å². The number of cyclic esters (lactones) is 1. The lowest BCUT2D eigenvalue weighted by Gasteiger charge is -2.43. The Kier molecular flexibility index (Phi) is 28.7. The summed E-state index contributed by atoms with van der Waals surface area (Å²) in [4.78, 5) is 105. The van der Waals surface area contributed by atoms with Crippen LogP contribution in [0.2, 0.25) is 0 Å². The van der Waals surface area contributed by atoms with E-state index < -0.39 is 83.9 Å². The second-order valence-electron chi connectivity index (χ2n) is 29.2. The average Bonchev–Trinajstić information content (AvgIpc) is 0.772. The number of aliphatic hydroxyl groups is 3. The molecule has 6 heterocycles. The highest BCUT2D eigenvalue weighted by Gasteiger charge is 2.53. The zero-order valence-electron chi connectivity index (χ0n) is 61.2. The molecule has 5 N–H and O–H groups in total. The van der Waals surface area contributed by atoms with Crippen molar-refractivity contribution in [2.75, 3.05) is 70.7 Å². The van der Waals surface area contributed by atoms with Crippen molar-refractivity contribution in [2.45, 2.75) is 194 Å². The fraction of sp³-hybridized carbons (Fsp3) is 0.562. The summed E-state index contributed by atoms with van der Waals surface area (Å²) >= 11 is 0. The number of esters is 1. The Morgan fingerprint density at radius 1 is 0.814 bits per heavy atom. The van der Waals surface area contributed by atoms with E-state index in [0.29, 0.717) is 100 Å². The van der Waals surface area contributed by atoms with Gasteiger partial charge in [0.2, 0.25) is 11.7 Å². The molecule has 1 aliphatic carbocycles. The number of carbonyl (C=O) groups is 6. The number of Topliss-reactive ketones (excluding diaryl/α,β-unsaturated/α-hetero) is 3. The van der Waals surface area contributed by atoms with Gasteiger partial charge in [-0.2, -0.15) is 0 Å². The summed E-state index contributed by atoms with van der Waals surface area (Å²) < 4.78 is 30.9. The van der Waals surface area contributed by atoms with Gasteiger partial charge in [-0.3, -0.25) is 38.8 Å². The molecule has 102 heavy (non-hydrogen) atoms. The van der Waals surface area contributed by atoms with Gasteiger partial charge in [0.1, 0.15) is 30.1 Å². The van der Waals surface area contributed by atoms with Gasteiger partial charge >= 0.3 is 5.97 Å². The number of pyridine rings is 1. The van der Waals surface area contributed by atoms with Crippen molar-refractivity contribution in [3.8, 4) is 11.3 Å². The summed E-state index contributed by atoms with van der Waals surface area (Å²) in [5, 5.41) is 41.1. The molecule has 22 nitrogen and oxygen atoms in total. The number of methoxy groups -OCH3 is 2. The number of nitrogens with one attached hydrogen (secondary N) is 2. The molecule has 4 aliphatic heterocycles. The molecular formula is C80H108N8O14. The van der Waals surface area contributed by atoms with E-state index in [1.807, 2.05) is 126 Å². The van der Waals surface area contributed by atoms with E-state index >= 15 is 0 Å². The van der Waals surface area contributed by atoms with Crippen LogP contribution in [-0.2, 0) is 54.2 Å². The maximum Gasteiger partial charge on any atom is 0.329 e. The number of allylic oxidation sites excluding steroid dienone is 6. The lowest BCUT2D eigenvalue weighted by Crippen LogP contribution is -2.61. The van der Waals surface area contributed by atoms with Gasteiger partial charge in [-0.05, 0) is 167 Å². The van der Waals surface area contributed by atoms with E-state index in [1.54, 1.807) is 52.5 Å². The van der Waals surface area contributed by atoms with Crippen molar-refractivity contribution in [3.63, 3.8) is 0 Å². The molecule has 5 aliphatic rings. The first-order valence-corrected chi connectivity index (χ1v) is 36.6. The molecule has 2 amide bonds. The van der Waals surface area contributed by atoms with E-state index in [1.165, 1.54) is 12.0 Å². The summed E-state index contributed by atoms with van der Waals surface area (Å²) in [5.74, 6) is -8.20. The van der Waals surface area contributed by atoms with Crippen molar-refractivity contribution >= 4 is 52.5 Å². The number of aromatic nitrogens is 3. The van der Waals surface area contributed by atoms with E-state index in [2.05, 4.69) is 35.4 Å². The number of carbonyl (C=O) groups excluding carboxylic acids is 6. The number of anilines is 3. The number of aryl methyl sites for hydroxylation is 1. The van der Waals surface area contributed by atoms with Crippen LogP contribution in [0.3, 0.4) is 0 Å². The standard InChI is InChI=1S/C80H108N8O14/c1-50-17-12-11-13-18-52(3)69(100-40-39-86-35-37-87(38-36-86)49-58-23-26-60(27-24-58)76(94)83-62-28-21-51(2)65(45-62)85-79-82-33-31-64(84-79)61-19-16-32-81-48-61)46-63-29-22-57(8)80(97,102-63)75(93)77(95)88-34-15-14-20-66(88)78(96)101-70(54(5)43-59-25-30-67(89)71(44-59)98-9)47-68(90)53(4)42-56(7)73(92)74(99-10)72(91)55(6)41-50/h11-13,16-19,21,23-24,26-28,31-33,42,45,48,50,53-55,57,59,63,66-67,69-71,73-74,89,92,97H,14-15,20,22,25,29-30,34-41,43-44,46-47,49H2,1-10H3,(H,83,94)(H,82,84,85)/b13-11+,17-12+,52-18-,56-42+/t50-,53-,54?,55-,57-,59-,63+,66+,67-,69-,70+,71-,73-,74+,80-/m1/s1. The minimum atomic E-state index is -2.51. The van der Waals surface area contributed by atoms with E-state index in [0.717, 1.165) is 59.8 Å². The predicted molar refractivity (Wildman–Crippen MR) is 390 cm³/mol. The van der Waals surface area contributed by atoms with E-state index in [4.69, 9.17) is 23.7 Å². The molecule has 552 valence electrons. The van der Waals surface area contributed by atoms with Crippen LogP contribution >= 0.6 is 0 Å². The molecule has 4 aromatic rings. The number of piperazine rings is 1. The number of amides is 2. The van der Waals surface area contributed by atoms with Crippen molar-refractivity contribution in [1.29, 1.82) is 0 Å². The van der Waals surface area contributed by atoms with Gasteiger partial charge in [0, 0.05) is 132 Å². The van der Waals surface area contributed by atoms with Crippen molar-refractivity contribution in [1.82, 2.24) is 29.7 Å². The quantitative estimate of drug-likeness (QED) is 0.0396. The van der Waals surface area contributed by atoms with Gasteiger partial charge in [-0.1, -0.05) is 89.3 Å². The van der Waals surface area contributed by atoms with Crippen LogP contribution < -0.4 is 10.6 Å². The fourth-order valence-electron chi connectivity index (χ4n) is 14.8. The Morgan fingerprint density at radius 2 is 1.58 bits per heavy atom. The van der Waals surface area contributed by atoms with Gasteiger partial charge < -0.3 is 54.5 Å². The number of aliphatic hydroxyl groups excluding tert-OH is 2. The van der Waals surface area contributed by atoms with E-state index in [9.17, 15) is 44.1 Å². The first-order chi connectivity index (χ1) is 48.9. The largest absolute Gasteiger partial charge is 0.460 e. The minimum Gasteiger partial charge on any atom is -0.460 e. The number of ketones is 3. The fourth-order valence-corrected chi connectivity index (χ4v) is 14.8.